The Morgan fingerprint density at radius 3 is 2.08 bits per heavy atom. The van der Waals surface area contributed by atoms with Gasteiger partial charge in [0.15, 0.2) is 23.1 Å². The molecule has 2 aromatic rings. The van der Waals surface area contributed by atoms with Crippen LogP contribution in [0.1, 0.15) is 104 Å². The van der Waals surface area contributed by atoms with E-state index >= 15 is 0 Å². The lowest BCUT2D eigenvalue weighted by molar-refractivity contribution is -0.176. The van der Waals surface area contributed by atoms with Crippen LogP contribution in [0.5, 0.6) is 0 Å². The van der Waals surface area contributed by atoms with Crippen molar-refractivity contribution in [3.05, 3.63) is 24.3 Å². The van der Waals surface area contributed by atoms with Crippen molar-refractivity contribution in [1.82, 2.24) is 19.5 Å². The van der Waals surface area contributed by atoms with Crippen LogP contribution >= 0.6 is 0 Å². The van der Waals surface area contributed by atoms with E-state index in [0.717, 1.165) is 0 Å². The van der Waals surface area contributed by atoms with Gasteiger partial charge in [-0.15, -0.1) is 0 Å². The average molecular weight is 743 g/mol. The molecule has 0 spiro atoms. The number of aromatic nitrogens is 4. The van der Waals surface area contributed by atoms with E-state index in [0.29, 0.717) is 16.7 Å². The van der Waals surface area contributed by atoms with Gasteiger partial charge in [-0.3, -0.25) is 14.2 Å². The number of rotatable bonds is 8. The maximum atomic E-state index is 13.9. The van der Waals surface area contributed by atoms with Gasteiger partial charge in [0.1, 0.15) is 18.5 Å². The summed E-state index contributed by atoms with van der Waals surface area (Å²) in [5.41, 5.74) is -2.19. The highest BCUT2D eigenvalue weighted by Crippen LogP contribution is 2.51. The highest BCUT2D eigenvalue weighted by molar-refractivity contribution is 6.84. The van der Waals surface area contributed by atoms with E-state index in [9.17, 15) is 14.9 Å². The molecule has 0 radical (unpaired) electrons. The monoisotopic (exact) mass is 742 g/mol. The van der Waals surface area contributed by atoms with E-state index in [1.54, 1.807) is 59.1 Å². The number of allylic oxidation sites excluding steroid dienone is 1. The predicted molar refractivity (Wildman–Crippen MR) is 199 cm³/mol. The number of ether oxygens (including phenoxy) is 2. The predicted octanol–water partition coefficient (Wildman–Crippen LogP) is 7.25. The van der Waals surface area contributed by atoms with E-state index in [1.165, 1.54) is 12.7 Å². The summed E-state index contributed by atoms with van der Waals surface area (Å²) in [5, 5.41) is 13.0. The number of carbonyl (C=O) groups excluding carboxylic acids is 2. The van der Waals surface area contributed by atoms with Crippen molar-refractivity contribution in [3.63, 3.8) is 0 Å². The van der Waals surface area contributed by atoms with E-state index < -0.39 is 58.0 Å². The van der Waals surface area contributed by atoms with E-state index in [2.05, 4.69) is 81.7 Å². The summed E-state index contributed by atoms with van der Waals surface area (Å²) < 4.78 is 37.2. The molecule has 4 atom stereocenters. The minimum absolute atomic E-state index is 0.00891. The number of hydrogen-bond donors (Lipinski definition) is 1. The molecule has 2 aliphatic rings. The minimum atomic E-state index is -3.22. The first-order chi connectivity index (χ1) is 23.5. The molecule has 0 aromatic carbocycles. The van der Waals surface area contributed by atoms with Crippen LogP contribution < -0.4 is 5.32 Å². The Kier molecular flexibility index (Phi) is 11.5. The Morgan fingerprint density at radius 2 is 1.57 bits per heavy atom. The molecule has 13 nitrogen and oxygen atoms in total. The third-order valence-electron chi connectivity index (χ3n) is 9.81. The molecule has 2 fully saturated rings. The van der Waals surface area contributed by atoms with Gasteiger partial charge in [-0.1, -0.05) is 76.2 Å². The Hall–Kier alpha value is -3.01. The van der Waals surface area contributed by atoms with Crippen LogP contribution in [0.25, 0.3) is 11.2 Å². The molecule has 2 aliphatic heterocycles. The molecule has 4 rings (SSSR count). The molecule has 0 saturated carbocycles. The number of fused-ring (bicyclic) bond motifs is 2. The zero-order valence-electron chi connectivity index (χ0n) is 33.1. The van der Waals surface area contributed by atoms with Gasteiger partial charge in [0, 0.05) is 11.0 Å². The topological polar surface area (TPSA) is 160 Å². The third-order valence-corrected chi connectivity index (χ3v) is 20.1. The second-order valence-electron chi connectivity index (χ2n) is 17.2. The first-order valence-corrected chi connectivity index (χ1v) is 21.9. The summed E-state index contributed by atoms with van der Waals surface area (Å²) in [4.78, 5) is 40.6. The number of esters is 1. The van der Waals surface area contributed by atoms with Crippen molar-refractivity contribution in [2.75, 3.05) is 11.9 Å². The number of nitriles is 1. The Bertz CT molecular complexity index is 1670. The van der Waals surface area contributed by atoms with Gasteiger partial charge in [0.05, 0.1) is 24.4 Å². The SMILES string of the molecule is CC(C#N)=C[C@@]1(n2cnc3c(NC(=O)C(C)(C)C)ncnc32)O[C@@H]2CO[Si](C(C)C)(C(C)C)O[Si](C(C)C)(C(C)C)O[C@H]2[C@@H]1OC(=O)C(C)(C)C. The van der Waals surface area contributed by atoms with Crippen LogP contribution in [0.4, 0.5) is 5.82 Å². The highest BCUT2D eigenvalue weighted by atomic mass is 28.5. The van der Waals surface area contributed by atoms with Crippen molar-refractivity contribution in [1.29, 1.82) is 5.26 Å². The molecular formula is C36H58N6O7Si2. The minimum Gasteiger partial charge on any atom is -0.454 e. The molecule has 0 unspecified atom stereocenters. The fraction of sp³-hybridized carbons (Fsp3) is 0.722. The van der Waals surface area contributed by atoms with Crippen LogP contribution in [-0.4, -0.2) is 73.4 Å². The zero-order chi connectivity index (χ0) is 38.5. The number of imidazole rings is 1. The van der Waals surface area contributed by atoms with E-state index in [4.69, 9.17) is 22.4 Å². The number of hydrogen-bond acceptors (Lipinski definition) is 11. The second-order valence-corrected chi connectivity index (χ2v) is 26.0. The summed E-state index contributed by atoms with van der Waals surface area (Å²) in [7, 11) is -6.18. The summed E-state index contributed by atoms with van der Waals surface area (Å²) in [6.45, 7) is 29.6. The van der Waals surface area contributed by atoms with Crippen molar-refractivity contribution >= 4 is 46.0 Å². The largest absolute Gasteiger partial charge is 0.454 e. The smallest absolute Gasteiger partial charge is 0.335 e. The lowest BCUT2D eigenvalue weighted by atomic mass is 9.95. The highest BCUT2D eigenvalue weighted by Gasteiger charge is 2.66. The van der Waals surface area contributed by atoms with Crippen LogP contribution in [0.3, 0.4) is 0 Å². The standard InChI is InChI=1S/C36H58N6O7Si2/c1-21(2)50(22(3)4)45-18-26-28(48-51(49-50,23(5)6)24(7)8)29(46-33(44)35(13,14)15)36(47-26,16-25(9)17-37)42-20-40-27-30(38-19-39-31(27)42)41-32(43)34(10,11)12/h16,19-24,26,28-29H,18H2,1-15H3,(H,38,39,41,43)/t26-,28-,29+,36-/m1/s1. The van der Waals surface area contributed by atoms with Gasteiger partial charge >= 0.3 is 23.1 Å². The zero-order valence-corrected chi connectivity index (χ0v) is 35.1. The molecule has 51 heavy (non-hydrogen) atoms. The van der Waals surface area contributed by atoms with E-state index in [1.807, 2.05) is 0 Å². The average Bonchev–Trinajstić information content (AvgIpc) is 3.56. The van der Waals surface area contributed by atoms with Crippen molar-refractivity contribution in [2.24, 2.45) is 10.8 Å². The van der Waals surface area contributed by atoms with Gasteiger partial charge in [0.25, 0.3) is 0 Å². The Labute approximate surface area is 305 Å². The number of anilines is 1. The lowest BCUT2D eigenvalue weighted by Crippen LogP contribution is -2.66. The van der Waals surface area contributed by atoms with Crippen LogP contribution in [0.2, 0.25) is 22.2 Å². The molecule has 0 bridgehead atoms. The van der Waals surface area contributed by atoms with Crippen LogP contribution in [0, 0.1) is 22.2 Å². The fourth-order valence-electron chi connectivity index (χ4n) is 6.85. The molecule has 2 saturated heterocycles. The summed E-state index contributed by atoms with van der Waals surface area (Å²) >= 11 is 0. The molecule has 1 amide bonds. The molecule has 282 valence electrons. The van der Waals surface area contributed by atoms with Gasteiger partial charge in [-0.25, -0.2) is 15.0 Å². The normalized spacial score (nSPS) is 25.5. The molecule has 1 N–H and O–H groups in total. The Balaban J connectivity index is 2.06. The quantitative estimate of drug-likeness (QED) is 0.165. The molecule has 4 heterocycles. The van der Waals surface area contributed by atoms with Crippen molar-refractivity contribution in [3.8, 4) is 6.07 Å². The maximum absolute atomic E-state index is 13.9. The Morgan fingerprint density at radius 1 is 0.980 bits per heavy atom. The molecular weight excluding hydrogens is 685 g/mol. The first kappa shape index (κ1) is 40.8. The van der Waals surface area contributed by atoms with E-state index in [-0.39, 0.29) is 40.5 Å². The number of amides is 1. The number of nitrogens with zero attached hydrogens (tertiary/aromatic N) is 5. The summed E-state index contributed by atoms with van der Waals surface area (Å²) in [5.74, 6) is -0.522. The first-order valence-electron chi connectivity index (χ1n) is 18.0. The van der Waals surface area contributed by atoms with Crippen molar-refractivity contribution < 1.29 is 32.0 Å². The summed E-state index contributed by atoms with van der Waals surface area (Å²) in [6.07, 6.45) is 1.74. The third kappa shape index (κ3) is 7.45. The van der Waals surface area contributed by atoms with Crippen LogP contribution in [0.15, 0.2) is 24.3 Å². The molecule has 0 aliphatic carbocycles. The van der Waals surface area contributed by atoms with Gasteiger partial charge in [-0.05, 0) is 55.9 Å². The molecule has 15 heteroatoms. The van der Waals surface area contributed by atoms with Crippen LogP contribution in [-0.2, 0) is 37.8 Å². The van der Waals surface area contributed by atoms with Gasteiger partial charge in [0.2, 0.25) is 11.6 Å². The number of nitrogens with one attached hydrogen (secondary N) is 1. The van der Waals surface area contributed by atoms with Gasteiger partial charge < -0.3 is 27.8 Å². The lowest BCUT2D eigenvalue weighted by Gasteiger charge is -2.51. The second kappa shape index (κ2) is 14.4. The fourth-order valence-corrected chi connectivity index (χ4v) is 18.1. The maximum Gasteiger partial charge on any atom is 0.335 e. The molecule has 2 aromatic heterocycles. The van der Waals surface area contributed by atoms with Gasteiger partial charge in [-0.2, -0.15) is 5.26 Å². The van der Waals surface area contributed by atoms with Crippen molar-refractivity contribution in [2.45, 2.75) is 150 Å². The number of carbonyl (C=O) groups is 2. The summed E-state index contributed by atoms with van der Waals surface area (Å²) in [6, 6.07) is 2.22.